The van der Waals surface area contributed by atoms with Crippen molar-refractivity contribution in [3.05, 3.63) is 0 Å². The second kappa shape index (κ2) is 10.7. The third-order valence-electron chi connectivity index (χ3n) is 13.3. The maximum Gasteiger partial charge on any atom is 0.302 e. The third-order valence-corrected chi connectivity index (χ3v) is 13.3. The topological polar surface area (TPSA) is 106 Å². The van der Waals surface area contributed by atoms with Crippen molar-refractivity contribution in [3.63, 3.8) is 0 Å². The average Bonchev–Trinajstić information content (AvgIpc) is 3.29. The molecule has 41 heavy (non-hydrogen) atoms. The minimum atomic E-state index is -0.899. The van der Waals surface area contributed by atoms with E-state index in [1.54, 1.807) is 6.92 Å². The molecule has 5 aliphatic carbocycles. The van der Waals surface area contributed by atoms with Crippen molar-refractivity contribution in [1.82, 2.24) is 0 Å². The molecule has 0 radical (unpaired) electrons. The van der Waals surface area contributed by atoms with Crippen LogP contribution >= 0.6 is 0 Å². The Bertz CT molecular complexity index is 1000. The minimum Gasteiger partial charge on any atom is -0.462 e. The average molecular weight is 576 g/mol. The summed E-state index contributed by atoms with van der Waals surface area (Å²) < 4.78 is 6.21. The quantitative estimate of drug-likeness (QED) is 0.291. The molecular formula is C33H53NO7. The van der Waals surface area contributed by atoms with E-state index in [9.17, 15) is 9.59 Å². The zero-order chi connectivity index (χ0) is 29.2. The first-order chi connectivity index (χ1) is 19.4. The molecule has 2 spiro atoms. The van der Waals surface area contributed by atoms with Gasteiger partial charge in [-0.25, -0.2) is 0 Å². The van der Waals surface area contributed by atoms with Gasteiger partial charge in [0.2, 0.25) is 17.5 Å². The van der Waals surface area contributed by atoms with Crippen molar-refractivity contribution in [2.75, 3.05) is 0 Å². The predicted molar refractivity (Wildman–Crippen MR) is 151 cm³/mol. The molecule has 1 saturated heterocycles. The molecule has 1 heterocycles. The van der Waals surface area contributed by atoms with Crippen LogP contribution in [0.1, 0.15) is 125 Å². The van der Waals surface area contributed by atoms with Crippen LogP contribution in [-0.2, 0) is 33.9 Å². The number of primary amides is 1. The van der Waals surface area contributed by atoms with Crippen LogP contribution in [0.2, 0.25) is 0 Å². The summed E-state index contributed by atoms with van der Waals surface area (Å²) in [7, 11) is 0. The van der Waals surface area contributed by atoms with E-state index in [0.29, 0.717) is 48.3 Å². The van der Waals surface area contributed by atoms with Gasteiger partial charge in [-0.05, 0) is 104 Å². The van der Waals surface area contributed by atoms with Gasteiger partial charge in [0.1, 0.15) is 6.10 Å². The van der Waals surface area contributed by atoms with Gasteiger partial charge in [-0.3, -0.25) is 9.59 Å². The second-order valence-electron chi connectivity index (χ2n) is 15.6. The van der Waals surface area contributed by atoms with Gasteiger partial charge in [0.25, 0.3) is 0 Å². The highest BCUT2D eigenvalue weighted by atomic mass is 17.4. The van der Waals surface area contributed by atoms with Gasteiger partial charge < -0.3 is 10.5 Å². The molecule has 232 valence electrons. The molecule has 0 aromatic carbocycles. The van der Waals surface area contributed by atoms with E-state index < -0.39 is 11.6 Å². The van der Waals surface area contributed by atoms with E-state index >= 15 is 0 Å². The standard InChI is InChI=1S/C33H53NO7/c1-20-10-14-32(15-11-20)38-40-33(41-39-32)17-16-30(4)23(19-33)18-27(37-22(3)35)29-25-8-7-24(21(2)6-9-28(34)36)31(25,5)13-12-26(29)30/h20-21,23-27,29H,6-19H2,1-5H3,(H2,34,36)/t20?,21?,23?,24-,25?,26?,27-,29?,30+,31-,32?,33?/m1/s1. The number of esters is 1. The van der Waals surface area contributed by atoms with E-state index in [1.807, 2.05) is 0 Å². The van der Waals surface area contributed by atoms with Crippen LogP contribution in [0.15, 0.2) is 0 Å². The van der Waals surface area contributed by atoms with Gasteiger partial charge in [0.15, 0.2) is 0 Å². The Kier molecular flexibility index (Phi) is 7.82. The van der Waals surface area contributed by atoms with Gasteiger partial charge in [0, 0.05) is 44.9 Å². The number of carbonyl (C=O) groups is 2. The number of nitrogens with two attached hydrogens (primary N) is 1. The second-order valence-corrected chi connectivity index (χ2v) is 15.6. The number of hydrogen-bond acceptors (Lipinski definition) is 7. The third kappa shape index (κ3) is 5.17. The minimum absolute atomic E-state index is 0.105. The Morgan fingerprint density at radius 3 is 2.20 bits per heavy atom. The number of amides is 1. The Morgan fingerprint density at radius 1 is 0.878 bits per heavy atom. The van der Waals surface area contributed by atoms with E-state index in [2.05, 4.69) is 27.7 Å². The van der Waals surface area contributed by atoms with Gasteiger partial charge in [0.05, 0.1) is 0 Å². The SMILES string of the molecule is CC(=O)O[C@@H]1CC2CC3(CC[C@]2(C)C2CC[C@@]4(C)C(CC[C@@H]4C(C)CCC(N)=O)C21)OOC1(CCC(C)CC1)OO3. The smallest absolute Gasteiger partial charge is 0.302 e. The van der Waals surface area contributed by atoms with Crippen LogP contribution in [0, 0.1) is 52.3 Å². The molecule has 8 nitrogen and oxygen atoms in total. The summed E-state index contributed by atoms with van der Waals surface area (Å²) >= 11 is 0. The molecule has 0 aromatic rings. The first-order valence-corrected chi connectivity index (χ1v) is 16.6. The Hall–Kier alpha value is -1.22. The molecule has 6 aliphatic rings. The Balaban J connectivity index is 1.20. The first kappa shape index (κ1) is 29.8. The number of fused-ring (bicyclic) bond motifs is 5. The van der Waals surface area contributed by atoms with Crippen LogP contribution in [0.5, 0.6) is 0 Å². The van der Waals surface area contributed by atoms with E-state index in [1.165, 1.54) is 19.3 Å². The molecule has 8 heteroatoms. The van der Waals surface area contributed by atoms with Gasteiger partial charge >= 0.3 is 5.97 Å². The highest BCUT2D eigenvalue weighted by molar-refractivity contribution is 5.73. The van der Waals surface area contributed by atoms with E-state index in [-0.39, 0.29) is 34.7 Å². The number of carbonyl (C=O) groups excluding carboxylic acids is 2. The van der Waals surface area contributed by atoms with Gasteiger partial charge in [-0.1, -0.05) is 27.7 Å². The lowest BCUT2D eigenvalue weighted by atomic mass is 9.43. The van der Waals surface area contributed by atoms with Crippen LogP contribution in [0.4, 0.5) is 0 Å². The maximum absolute atomic E-state index is 12.5. The maximum atomic E-state index is 12.5. The molecule has 5 saturated carbocycles. The summed E-state index contributed by atoms with van der Waals surface area (Å²) in [5, 5.41) is 0. The number of rotatable bonds is 5. The zero-order valence-electron chi connectivity index (χ0n) is 26.0. The van der Waals surface area contributed by atoms with Crippen molar-refractivity contribution in [2.24, 2.45) is 58.0 Å². The van der Waals surface area contributed by atoms with Crippen molar-refractivity contribution in [2.45, 2.75) is 142 Å². The lowest BCUT2D eigenvalue weighted by Gasteiger charge is -2.64. The normalized spacial score (nSPS) is 50.0. The van der Waals surface area contributed by atoms with Crippen molar-refractivity contribution in [3.8, 4) is 0 Å². The lowest BCUT2D eigenvalue weighted by molar-refractivity contribution is -0.665. The first-order valence-electron chi connectivity index (χ1n) is 16.6. The largest absolute Gasteiger partial charge is 0.462 e. The molecule has 5 unspecified atom stereocenters. The summed E-state index contributed by atoms with van der Waals surface area (Å²) in [6, 6.07) is 0. The molecule has 9 atom stereocenters. The molecule has 1 aliphatic heterocycles. The lowest BCUT2D eigenvalue weighted by Crippen LogP contribution is -2.62. The number of hydrogen-bond donors (Lipinski definition) is 1. The molecule has 6 fully saturated rings. The Labute approximate surface area is 245 Å². The summed E-state index contributed by atoms with van der Waals surface area (Å²) in [4.78, 5) is 48.4. The van der Waals surface area contributed by atoms with Gasteiger partial charge in [-0.15, -0.1) is 0 Å². The van der Waals surface area contributed by atoms with Crippen molar-refractivity contribution in [1.29, 1.82) is 0 Å². The highest BCUT2D eigenvalue weighted by Gasteiger charge is 2.66. The summed E-state index contributed by atoms with van der Waals surface area (Å²) in [5.74, 6) is 1.25. The summed E-state index contributed by atoms with van der Waals surface area (Å²) in [6.07, 6.45) is 12.8. The molecule has 2 N–H and O–H groups in total. The molecule has 0 bridgehead atoms. The van der Waals surface area contributed by atoms with Gasteiger partial charge in [-0.2, -0.15) is 19.6 Å². The summed E-state index contributed by atoms with van der Waals surface area (Å²) in [6.45, 7) is 11.1. The van der Waals surface area contributed by atoms with Crippen LogP contribution in [0.3, 0.4) is 0 Å². The molecule has 1 amide bonds. The number of ether oxygens (including phenoxy) is 1. The predicted octanol–water partition coefficient (Wildman–Crippen LogP) is 6.60. The Morgan fingerprint density at radius 2 is 1.54 bits per heavy atom. The fraction of sp³-hybridized carbons (Fsp3) is 0.939. The molecule has 0 aromatic heterocycles. The van der Waals surface area contributed by atoms with Crippen LogP contribution < -0.4 is 5.73 Å². The van der Waals surface area contributed by atoms with E-state index in [4.69, 9.17) is 30.0 Å². The molecule has 6 rings (SSSR count). The van der Waals surface area contributed by atoms with Crippen LogP contribution in [-0.4, -0.2) is 29.6 Å². The van der Waals surface area contributed by atoms with E-state index in [0.717, 1.165) is 57.8 Å². The summed E-state index contributed by atoms with van der Waals surface area (Å²) in [5.41, 5.74) is 5.82. The highest BCUT2D eigenvalue weighted by Crippen LogP contribution is 2.69. The zero-order valence-corrected chi connectivity index (χ0v) is 26.0. The molecular weight excluding hydrogens is 522 g/mol. The van der Waals surface area contributed by atoms with Crippen molar-refractivity contribution < 1.29 is 33.9 Å². The fourth-order valence-corrected chi connectivity index (χ4v) is 10.9. The monoisotopic (exact) mass is 575 g/mol. The van der Waals surface area contributed by atoms with Crippen LogP contribution in [0.25, 0.3) is 0 Å². The fourth-order valence-electron chi connectivity index (χ4n) is 10.9. The van der Waals surface area contributed by atoms with Crippen molar-refractivity contribution >= 4 is 11.9 Å².